The molecular weight excluding hydrogens is 665 g/mol. The van der Waals surface area contributed by atoms with E-state index >= 15 is 0 Å². The van der Waals surface area contributed by atoms with Gasteiger partial charge in [-0.05, 0) is 142 Å². The van der Waals surface area contributed by atoms with E-state index in [2.05, 4.69) is 183 Å². The van der Waals surface area contributed by atoms with E-state index in [1.165, 1.54) is 90.5 Å². The summed E-state index contributed by atoms with van der Waals surface area (Å²) in [5.74, 6) is 0.853. The Morgan fingerprint density at radius 3 is 1.91 bits per heavy atom. The number of nitrogens with zero attached hydrogens (tertiary/aromatic N) is 2. The Labute approximate surface area is 328 Å². The summed E-state index contributed by atoms with van der Waals surface area (Å²) in [7, 11) is 0. The van der Waals surface area contributed by atoms with Crippen LogP contribution in [0.1, 0.15) is 93.7 Å². The molecule has 2 nitrogen and oxygen atoms in total. The Kier molecular flexibility index (Phi) is 9.04. The molecule has 0 saturated heterocycles. The highest BCUT2D eigenvalue weighted by molar-refractivity contribution is 6.09. The third kappa shape index (κ3) is 6.02. The van der Waals surface area contributed by atoms with Gasteiger partial charge in [0.2, 0.25) is 0 Å². The molecule has 6 aromatic carbocycles. The van der Waals surface area contributed by atoms with Crippen molar-refractivity contribution in [1.29, 1.82) is 0 Å². The van der Waals surface area contributed by atoms with Crippen molar-refractivity contribution in [2.45, 2.75) is 90.6 Å². The molecule has 2 aliphatic heterocycles. The molecule has 2 aliphatic carbocycles. The lowest BCUT2D eigenvalue weighted by Crippen LogP contribution is -2.38. The van der Waals surface area contributed by atoms with Gasteiger partial charge in [-0.15, -0.1) is 0 Å². The first-order valence-corrected chi connectivity index (χ1v) is 20.8. The lowest BCUT2D eigenvalue weighted by Gasteiger charge is -2.40. The van der Waals surface area contributed by atoms with Crippen molar-refractivity contribution in [2.24, 2.45) is 5.92 Å². The van der Waals surface area contributed by atoms with Gasteiger partial charge in [-0.1, -0.05) is 137 Å². The fourth-order valence-electron chi connectivity index (χ4n) is 10.2. The van der Waals surface area contributed by atoms with Crippen molar-refractivity contribution in [1.82, 2.24) is 0 Å². The number of allylic oxidation sites excluding steroid dienone is 3. The SMILES string of the molecule is CC.CC1CCc2ccccc2N1C1=CC2C(C=C1)c1ccc(/C=C/c3ccc4c(ccc5cc(N6c7ccccc7CCC6C)ccc54)c3)cc1C2(C)C. The number of fused-ring (bicyclic) bond motifs is 8. The van der Waals surface area contributed by atoms with Gasteiger partial charge in [0.25, 0.3) is 0 Å². The van der Waals surface area contributed by atoms with Crippen LogP contribution in [0.5, 0.6) is 0 Å². The molecule has 276 valence electrons. The van der Waals surface area contributed by atoms with Crippen LogP contribution in [0.25, 0.3) is 33.7 Å². The van der Waals surface area contributed by atoms with Crippen molar-refractivity contribution in [3.8, 4) is 0 Å². The number of rotatable bonds is 4. The summed E-state index contributed by atoms with van der Waals surface area (Å²) in [6.07, 6.45) is 16.7. The Bertz CT molecular complexity index is 2510. The molecule has 10 rings (SSSR count). The third-order valence-corrected chi connectivity index (χ3v) is 13.1. The number of para-hydroxylation sites is 2. The third-order valence-electron chi connectivity index (χ3n) is 13.1. The molecule has 0 saturated carbocycles. The molecule has 0 N–H and O–H groups in total. The molecule has 0 amide bonds. The van der Waals surface area contributed by atoms with Gasteiger partial charge in [0.1, 0.15) is 0 Å². The van der Waals surface area contributed by atoms with Gasteiger partial charge in [-0.3, -0.25) is 0 Å². The molecule has 0 fully saturated rings. The van der Waals surface area contributed by atoms with E-state index in [4.69, 9.17) is 0 Å². The fourth-order valence-corrected chi connectivity index (χ4v) is 10.2. The summed E-state index contributed by atoms with van der Waals surface area (Å²) in [5, 5.41) is 5.19. The van der Waals surface area contributed by atoms with Crippen LogP contribution >= 0.6 is 0 Å². The van der Waals surface area contributed by atoms with Gasteiger partial charge in [0, 0.05) is 40.8 Å². The topological polar surface area (TPSA) is 6.48 Å². The van der Waals surface area contributed by atoms with Gasteiger partial charge in [-0.25, -0.2) is 0 Å². The molecule has 0 radical (unpaired) electrons. The van der Waals surface area contributed by atoms with E-state index in [0.717, 1.165) is 12.8 Å². The van der Waals surface area contributed by atoms with Gasteiger partial charge >= 0.3 is 0 Å². The van der Waals surface area contributed by atoms with Crippen molar-refractivity contribution >= 4 is 50.8 Å². The van der Waals surface area contributed by atoms with E-state index < -0.39 is 0 Å². The zero-order valence-electron chi connectivity index (χ0n) is 33.4. The maximum atomic E-state index is 2.59. The highest BCUT2D eigenvalue weighted by Gasteiger charge is 2.46. The summed E-state index contributed by atoms with van der Waals surface area (Å²) in [6, 6.07) is 44.6. The van der Waals surface area contributed by atoms with Crippen LogP contribution in [-0.2, 0) is 18.3 Å². The van der Waals surface area contributed by atoms with Gasteiger partial charge in [0.05, 0.1) is 0 Å². The molecule has 4 atom stereocenters. The predicted molar refractivity (Wildman–Crippen MR) is 238 cm³/mol. The summed E-state index contributed by atoms with van der Waals surface area (Å²) in [6.45, 7) is 13.6. The Balaban J connectivity index is 0.00000195. The van der Waals surface area contributed by atoms with Crippen LogP contribution in [-0.4, -0.2) is 12.1 Å². The zero-order chi connectivity index (χ0) is 37.8. The van der Waals surface area contributed by atoms with Crippen LogP contribution in [0.3, 0.4) is 0 Å². The number of benzene rings is 6. The summed E-state index contributed by atoms with van der Waals surface area (Å²) in [4.78, 5) is 5.13. The average molecular weight is 719 g/mol. The number of hydrogen-bond donors (Lipinski definition) is 0. The molecule has 4 unspecified atom stereocenters. The molecule has 6 aromatic rings. The highest BCUT2D eigenvalue weighted by atomic mass is 15.2. The molecule has 2 heteroatoms. The van der Waals surface area contributed by atoms with Crippen LogP contribution in [0.15, 0.2) is 139 Å². The Morgan fingerprint density at radius 2 is 1.20 bits per heavy atom. The van der Waals surface area contributed by atoms with E-state index in [1.807, 2.05) is 13.8 Å². The smallest absolute Gasteiger partial charge is 0.0445 e. The van der Waals surface area contributed by atoms with E-state index in [0.29, 0.717) is 23.9 Å². The molecule has 4 aliphatic rings. The largest absolute Gasteiger partial charge is 0.339 e. The molecule has 55 heavy (non-hydrogen) atoms. The second-order valence-corrected chi connectivity index (χ2v) is 16.6. The standard InChI is InChI=1S/C51H48N2.C2H6/c1-33-13-19-37-9-5-7-11-49(37)52(33)41-23-27-44-40(31-41)22-21-39-29-35(17-25-43(39)44)15-16-36-18-26-45-46-28-24-42(32-48(46)51(3,4)47(45)30-36)53-34(2)14-20-38-10-6-8-12-50(38)53;1-2/h5-12,15-18,21-34,46,48H,13-14,19-20H2,1-4H3;1-2H3/b16-15+;. The van der Waals surface area contributed by atoms with Crippen molar-refractivity contribution < 1.29 is 0 Å². The molecule has 2 heterocycles. The summed E-state index contributed by atoms with van der Waals surface area (Å²) in [5.41, 5.74) is 13.8. The molecule has 0 bridgehead atoms. The predicted octanol–water partition coefficient (Wildman–Crippen LogP) is 13.9. The zero-order valence-corrected chi connectivity index (χ0v) is 33.4. The van der Waals surface area contributed by atoms with Gasteiger partial charge < -0.3 is 9.80 Å². The average Bonchev–Trinajstić information content (AvgIpc) is 3.45. The Morgan fingerprint density at radius 1 is 0.618 bits per heavy atom. The first kappa shape index (κ1) is 35.4. The summed E-state index contributed by atoms with van der Waals surface area (Å²) < 4.78 is 0. The lowest BCUT2D eigenvalue weighted by molar-refractivity contribution is 0.390. The van der Waals surface area contributed by atoms with E-state index in [-0.39, 0.29) is 5.41 Å². The maximum absolute atomic E-state index is 2.59. The van der Waals surface area contributed by atoms with Crippen molar-refractivity contribution in [3.05, 3.63) is 173 Å². The normalized spacial score (nSPS) is 22.1. The molecule has 0 aromatic heterocycles. The quantitative estimate of drug-likeness (QED) is 0.132. The summed E-state index contributed by atoms with van der Waals surface area (Å²) >= 11 is 0. The fraction of sp³-hybridized carbons (Fsp3) is 0.283. The van der Waals surface area contributed by atoms with Gasteiger partial charge in [-0.2, -0.15) is 0 Å². The van der Waals surface area contributed by atoms with Crippen LogP contribution in [0.2, 0.25) is 0 Å². The first-order chi connectivity index (χ1) is 26.8. The van der Waals surface area contributed by atoms with E-state index in [1.54, 1.807) is 0 Å². The number of hydrogen-bond acceptors (Lipinski definition) is 2. The maximum Gasteiger partial charge on any atom is 0.0445 e. The minimum Gasteiger partial charge on any atom is -0.339 e. The number of anilines is 3. The highest BCUT2D eigenvalue weighted by Crippen LogP contribution is 2.54. The molecule has 0 spiro atoms. The minimum atomic E-state index is 0.0394. The Hall–Kier alpha value is -5.34. The van der Waals surface area contributed by atoms with Crippen molar-refractivity contribution in [3.63, 3.8) is 0 Å². The molecular formula is C53H54N2. The lowest BCUT2D eigenvalue weighted by atomic mass is 9.73. The van der Waals surface area contributed by atoms with Crippen LogP contribution in [0.4, 0.5) is 17.1 Å². The van der Waals surface area contributed by atoms with Crippen molar-refractivity contribution in [2.75, 3.05) is 9.80 Å². The second-order valence-electron chi connectivity index (χ2n) is 16.6. The minimum absolute atomic E-state index is 0.0394. The number of aryl methyl sites for hydroxylation is 2. The van der Waals surface area contributed by atoms with Crippen LogP contribution < -0.4 is 9.80 Å². The van der Waals surface area contributed by atoms with Gasteiger partial charge in [0.15, 0.2) is 0 Å². The van der Waals surface area contributed by atoms with Crippen LogP contribution in [0, 0.1) is 5.92 Å². The first-order valence-electron chi connectivity index (χ1n) is 20.8. The monoisotopic (exact) mass is 718 g/mol. The second kappa shape index (κ2) is 14.1. The van der Waals surface area contributed by atoms with E-state index in [9.17, 15) is 0 Å².